The molecule has 0 spiro atoms. The van der Waals surface area contributed by atoms with Gasteiger partial charge in [-0.3, -0.25) is 4.79 Å². The summed E-state index contributed by atoms with van der Waals surface area (Å²) in [6.07, 6.45) is 0. The molecule has 5 heteroatoms. The minimum atomic E-state index is -0.176. The molecular formula is C14H14ClN3O. The summed E-state index contributed by atoms with van der Waals surface area (Å²) >= 11 is 5.86. The molecule has 1 aromatic heterocycles. The summed E-state index contributed by atoms with van der Waals surface area (Å²) in [7, 11) is 1.73. The molecule has 2 rings (SSSR count). The van der Waals surface area contributed by atoms with E-state index in [9.17, 15) is 4.79 Å². The lowest BCUT2D eigenvalue weighted by atomic mass is 10.2. The zero-order valence-electron chi connectivity index (χ0n) is 10.5. The molecule has 1 aromatic carbocycles. The van der Waals surface area contributed by atoms with Crippen LogP contribution in [0.1, 0.15) is 15.9 Å². The molecule has 0 radical (unpaired) electrons. The monoisotopic (exact) mass is 275 g/mol. The minimum absolute atomic E-state index is 0.176. The van der Waals surface area contributed by atoms with Gasteiger partial charge in [0.15, 0.2) is 0 Å². The molecule has 2 aromatic rings. The van der Waals surface area contributed by atoms with Crippen molar-refractivity contribution in [3.8, 4) is 0 Å². The number of benzene rings is 1. The van der Waals surface area contributed by atoms with Gasteiger partial charge in [-0.25, -0.2) is 4.98 Å². The molecule has 0 aliphatic rings. The molecule has 19 heavy (non-hydrogen) atoms. The fourth-order valence-corrected chi connectivity index (χ4v) is 1.84. The average molecular weight is 276 g/mol. The van der Waals surface area contributed by atoms with Crippen molar-refractivity contribution in [3.05, 3.63) is 58.7 Å². The van der Waals surface area contributed by atoms with Gasteiger partial charge in [0.2, 0.25) is 0 Å². The largest absolute Gasteiger partial charge is 0.373 e. The number of carbonyl (C=O) groups excluding carboxylic acids is 1. The zero-order valence-corrected chi connectivity index (χ0v) is 11.2. The maximum atomic E-state index is 12.0. The predicted molar refractivity (Wildman–Crippen MR) is 76.4 cm³/mol. The van der Waals surface area contributed by atoms with Gasteiger partial charge in [0.25, 0.3) is 5.91 Å². The molecule has 2 N–H and O–H groups in total. The normalized spacial score (nSPS) is 10.0. The van der Waals surface area contributed by atoms with Crippen LogP contribution in [0.25, 0.3) is 0 Å². The van der Waals surface area contributed by atoms with Gasteiger partial charge >= 0.3 is 0 Å². The Hall–Kier alpha value is -2.07. The van der Waals surface area contributed by atoms with Crippen molar-refractivity contribution in [2.75, 3.05) is 12.4 Å². The van der Waals surface area contributed by atoms with E-state index in [0.29, 0.717) is 17.9 Å². The lowest BCUT2D eigenvalue weighted by Crippen LogP contribution is -2.23. The number of halogens is 1. The molecule has 0 bridgehead atoms. The molecule has 0 atom stereocenters. The number of amides is 1. The van der Waals surface area contributed by atoms with Crippen LogP contribution in [0.15, 0.2) is 42.5 Å². The van der Waals surface area contributed by atoms with E-state index in [2.05, 4.69) is 15.6 Å². The smallest absolute Gasteiger partial charge is 0.251 e. The molecular weight excluding hydrogens is 262 g/mol. The van der Waals surface area contributed by atoms with Crippen LogP contribution in [-0.2, 0) is 6.54 Å². The van der Waals surface area contributed by atoms with Crippen molar-refractivity contribution >= 4 is 23.3 Å². The molecule has 98 valence electrons. The third-order valence-electron chi connectivity index (χ3n) is 2.61. The van der Waals surface area contributed by atoms with Crippen LogP contribution in [0.2, 0.25) is 5.15 Å². The Morgan fingerprint density at radius 2 is 2.00 bits per heavy atom. The molecule has 4 nitrogen and oxygen atoms in total. The van der Waals surface area contributed by atoms with Crippen LogP contribution in [0.5, 0.6) is 0 Å². The Labute approximate surface area is 116 Å². The van der Waals surface area contributed by atoms with E-state index >= 15 is 0 Å². The number of rotatable bonds is 4. The topological polar surface area (TPSA) is 54.0 Å². The molecule has 0 aliphatic carbocycles. The Morgan fingerprint density at radius 1 is 1.26 bits per heavy atom. The summed E-state index contributed by atoms with van der Waals surface area (Å²) in [5, 5.41) is 5.99. The first kappa shape index (κ1) is 13.4. The number of hydrogen-bond donors (Lipinski definition) is 2. The first-order chi connectivity index (χ1) is 9.19. The predicted octanol–water partition coefficient (Wildman–Crippen LogP) is 2.71. The molecule has 0 fully saturated rings. The maximum absolute atomic E-state index is 12.0. The Morgan fingerprint density at radius 3 is 2.68 bits per heavy atom. The highest BCUT2D eigenvalue weighted by atomic mass is 35.5. The molecule has 1 heterocycles. The van der Waals surface area contributed by atoms with E-state index in [1.54, 1.807) is 19.2 Å². The fraction of sp³-hybridized carbons (Fsp3) is 0.143. The molecule has 1 amide bonds. The van der Waals surface area contributed by atoms with E-state index in [4.69, 9.17) is 11.6 Å². The van der Waals surface area contributed by atoms with E-state index in [0.717, 1.165) is 5.56 Å². The Bertz CT molecular complexity index is 572. The van der Waals surface area contributed by atoms with Crippen molar-refractivity contribution < 1.29 is 4.79 Å². The van der Waals surface area contributed by atoms with Crippen molar-refractivity contribution in [2.45, 2.75) is 6.54 Å². The van der Waals surface area contributed by atoms with Crippen LogP contribution >= 0.6 is 11.6 Å². The van der Waals surface area contributed by atoms with Crippen LogP contribution < -0.4 is 10.6 Å². The number of hydrogen-bond acceptors (Lipinski definition) is 3. The van der Waals surface area contributed by atoms with E-state index in [1.807, 2.05) is 30.3 Å². The van der Waals surface area contributed by atoms with Crippen molar-refractivity contribution in [1.29, 1.82) is 0 Å². The summed E-state index contributed by atoms with van der Waals surface area (Å²) in [5.41, 5.74) is 1.53. The first-order valence-electron chi connectivity index (χ1n) is 5.86. The first-order valence-corrected chi connectivity index (χ1v) is 6.24. The van der Waals surface area contributed by atoms with Gasteiger partial charge in [-0.15, -0.1) is 0 Å². The van der Waals surface area contributed by atoms with Crippen LogP contribution in [0.3, 0.4) is 0 Å². The molecule has 0 saturated heterocycles. The van der Waals surface area contributed by atoms with Crippen molar-refractivity contribution in [2.24, 2.45) is 0 Å². The number of nitrogens with one attached hydrogen (secondary N) is 2. The fourth-order valence-electron chi connectivity index (χ4n) is 1.64. The van der Waals surface area contributed by atoms with Crippen molar-refractivity contribution in [1.82, 2.24) is 10.3 Å². The average Bonchev–Trinajstić information content (AvgIpc) is 2.45. The second kappa shape index (κ2) is 6.20. The second-order valence-electron chi connectivity index (χ2n) is 3.98. The van der Waals surface area contributed by atoms with Crippen LogP contribution in [0, 0.1) is 0 Å². The molecule has 0 unspecified atom stereocenters. The van der Waals surface area contributed by atoms with Gasteiger partial charge in [-0.1, -0.05) is 41.9 Å². The van der Waals surface area contributed by atoms with Gasteiger partial charge in [0, 0.05) is 19.2 Å². The maximum Gasteiger partial charge on any atom is 0.251 e. The lowest BCUT2D eigenvalue weighted by Gasteiger charge is -2.07. The Balaban J connectivity index is 2.06. The third-order valence-corrected chi connectivity index (χ3v) is 2.80. The van der Waals surface area contributed by atoms with E-state index in [1.165, 1.54) is 0 Å². The highest BCUT2D eigenvalue weighted by molar-refractivity contribution is 6.29. The number of anilines is 1. The zero-order chi connectivity index (χ0) is 13.7. The quantitative estimate of drug-likeness (QED) is 0.844. The highest BCUT2D eigenvalue weighted by Gasteiger charge is 2.08. The highest BCUT2D eigenvalue weighted by Crippen LogP contribution is 2.14. The summed E-state index contributed by atoms with van der Waals surface area (Å²) in [6.45, 7) is 0.481. The van der Waals surface area contributed by atoms with E-state index < -0.39 is 0 Å². The summed E-state index contributed by atoms with van der Waals surface area (Å²) in [4.78, 5) is 16.0. The van der Waals surface area contributed by atoms with E-state index in [-0.39, 0.29) is 11.1 Å². The number of pyridine rings is 1. The SMILES string of the molecule is CNc1cc(C(=O)NCc2ccccc2)cc(Cl)n1. The van der Waals surface area contributed by atoms with Crippen molar-refractivity contribution in [3.63, 3.8) is 0 Å². The Kier molecular flexibility index (Phi) is 4.36. The minimum Gasteiger partial charge on any atom is -0.373 e. The summed E-state index contributed by atoms with van der Waals surface area (Å²) in [6, 6.07) is 12.9. The standard InChI is InChI=1S/C14H14ClN3O/c1-16-13-8-11(7-12(15)18-13)14(19)17-9-10-5-3-2-4-6-10/h2-8H,9H2,1H3,(H,16,18)(H,17,19). The molecule has 0 aliphatic heterocycles. The molecule has 0 saturated carbocycles. The number of carbonyl (C=O) groups is 1. The summed E-state index contributed by atoms with van der Waals surface area (Å²) in [5.74, 6) is 0.391. The lowest BCUT2D eigenvalue weighted by molar-refractivity contribution is 0.0951. The van der Waals surface area contributed by atoms with Crippen LogP contribution in [0.4, 0.5) is 5.82 Å². The van der Waals surface area contributed by atoms with Crippen LogP contribution in [-0.4, -0.2) is 17.9 Å². The van der Waals surface area contributed by atoms with Gasteiger partial charge in [0.1, 0.15) is 11.0 Å². The third kappa shape index (κ3) is 3.69. The van der Waals surface area contributed by atoms with Gasteiger partial charge < -0.3 is 10.6 Å². The number of aromatic nitrogens is 1. The second-order valence-corrected chi connectivity index (χ2v) is 4.37. The van der Waals surface area contributed by atoms with Gasteiger partial charge in [-0.05, 0) is 17.7 Å². The van der Waals surface area contributed by atoms with Gasteiger partial charge in [-0.2, -0.15) is 0 Å². The van der Waals surface area contributed by atoms with Gasteiger partial charge in [0.05, 0.1) is 0 Å². The number of nitrogens with zero attached hydrogens (tertiary/aromatic N) is 1. The summed E-state index contributed by atoms with van der Waals surface area (Å²) < 4.78 is 0.